The van der Waals surface area contributed by atoms with Crippen LogP contribution < -0.4 is 19.5 Å². The predicted molar refractivity (Wildman–Crippen MR) is 108 cm³/mol. The average molecular weight is 412 g/mol. The number of rotatable bonds is 7. The molecule has 1 aliphatic heterocycles. The molecular weight excluding hydrogens is 392 g/mol. The number of fused-ring (bicyclic) bond motifs is 1. The number of para-hydroxylation sites is 2. The molecule has 1 aromatic heterocycles. The van der Waals surface area contributed by atoms with Gasteiger partial charge in [0, 0.05) is 6.07 Å². The minimum Gasteiger partial charge on any atom is -0.497 e. The monoisotopic (exact) mass is 412 g/mol. The van der Waals surface area contributed by atoms with Gasteiger partial charge in [0.1, 0.15) is 24.8 Å². The highest BCUT2D eigenvalue weighted by Crippen LogP contribution is 2.30. The van der Waals surface area contributed by atoms with Gasteiger partial charge in [0.25, 0.3) is 0 Å². The van der Waals surface area contributed by atoms with Crippen molar-refractivity contribution in [3.63, 3.8) is 0 Å². The molecule has 0 fully saturated rings. The molecule has 29 heavy (non-hydrogen) atoms. The minimum atomic E-state index is -0.223. The number of ether oxygens (including phenoxy) is 3. The van der Waals surface area contributed by atoms with Crippen LogP contribution in [0.1, 0.15) is 0 Å². The quantitative estimate of drug-likeness (QED) is 0.596. The summed E-state index contributed by atoms with van der Waals surface area (Å²) < 4.78 is 18.6. The van der Waals surface area contributed by atoms with Crippen molar-refractivity contribution in [1.82, 2.24) is 20.1 Å². The third-order valence-corrected chi connectivity index (χ3v) is 5.22. The summed E-state index contributed by atoms with van der Waals surface area (Å²) in [5, 5.41) is 11.6. The number of nitrogens with zero attached hydrogens (tertiary/aromatic N) is 3. The van der Waals surface area contributed by atoms with Gasteiger partial charge in [-0.05, 0) is 24.3 Å². The molecule has 9 heteroatoms. The summed E-state index contributed by atoms with van der Waals surface area (Å²) in [6.45, 7) is 0.769. The second-order valence-electron chi connectivity index (χ2n) is 6.28. The van der Waals surface area contributed by atoms with E-state index in [1.165, 1.54) is 11.8 Å². The van der Waals surface area contributed by atoms with Crippen molar-refractivity contribution in [2.24, 2.45) is 0 Å². The highest BCUT2D eigenvalue weighted by Gasteiger charge is 2.21. The normalized spacial score (nSPS) is 15.0. The Balaban J connectivity index is 1.29. The summed E-state index contributed by atoms with van der Waals surface area (Å²) in [6, 6.07) is 15.1. The number of carbonyl (C=O) groups is 1. The Labute approximate surface area is 172 Å². The molecule has 8 nitrogen and oxygen atoms in total. The van der Waals surface area contributed by atoms with Gasteiger partial charge in [-0.1, -0.05) is 30.0 Å². The van der Waals surface area contributed by atoms with Gasteiger partial charge in [0.2, 0.25) is 5.91 Å². The van der Waals surface area contributed by atoms with Crippen molar-refractivity contribution in [3.05, 3.63) is 54.9 Å². The topological polar surface area (TPSA) is 87.5 Å². The molecule has 1 aliphatic rings. The number of amides is 1. The number of hydrogen-bond donors (Lipinski definition) is 1. The molecule has 2 aromatic carbocycles. The van der Waals surface area contributed by atoms with E-state index in [0.717, 1.165) is 17.2 Å². The van der Waals surface area contributed by atoms with Gasteiger partial charge in [-0.2, -0.15) is 0 Å². The Morgan fingerprint density at radius 1 is 1.28 bits per heavy atom. The summed E-state index contributed by atoms with van der Waals surface area (Å²) in [7, 11) is 1.62. The van der Waals surface area contributed by atoms with Gasteiger partial charge in [0.05, 0.1) is 25.1 Å². The van der Waals surface area contributed by atoms with Crippen LogP contribution >= 0.6 is 11.8 Å². The number of carbonyl (C=O) groups excluding carboxylic acids is 1. The van der Waals surface area contributed by atoms with Crippen LogP contribution in [0.15, 0.2) is 60.0 Å². The zero-order valence-electron chi connectivity index (χ0n) is 15.8. The Morgan fingerprint density at radius 2 is 2.14 bits per heavy atom. The first-order valence-corrected chi connectivity index (χ1v) is 10.0. The molecule has 0 radical (unpaired) electrons. The summed E-state index contributed by atoms with van der Waals surface area (Å²) in [5.41, 5.74) is 0.865. The fourth-order valence-electron chi connectivity index (χ4n) is 2.83. The fraction of sp³-hybridized carbons (Fsp3) is 0.250. The van der Waals surface area contributed by atoms with Crippen molar-refractivity contribution < 1.29 is 19.0 Å². The van der Waals surface area contributed by atoms with Crippen LogP contribution in [0.4, 0.5) is 0 Å². The number of nitrogens with one attached hydrogen (secondary N) is 1. The van der Waals surface area contributed by atoms with Crippen molar-refractivity contribution >= 4 is 17.7 Å². The third kappa shape index (κ3) is 4.62. The lowest BCUT2D eigenvalue weighted by Gasteiger charge is -2.26. The maximum atomic E-state index is 12.3. The van der Waals surface area contributed by atoms with E-state index < -0.39 is 0 Å². The molecule has 4 rings (SSSR count). The Bertz CT molecular complexity index is 994. The first kappa shape index (κ1) is 19.1. The first-order chi connectivity index (χ1) is 14.2. The van der Waals surface area contributed by atoms with Gasteiger partial charge in [-0.3, -0.25) is 9.36 Å². The number of hydrogen-bond acceptors (Lipinski definition) is 7. The average Bonchev–Trinajstić information content (AvgIpc) is 3.25. The Hall–Kier alpha value is -3.20. The van der Waals surface area contributed by atoms with Crippen molar-refractivity contribution in [1.29, 1.82) is 0 Å². The second kappa shape index (κ2) is 8.87. The van der Waals surface area contributed by atoms with E-state index in [4.69, 9.17) is 14.2 Å². The summed E-state index contributed by atoms with van der Waals surface area (Å²) >= 11 is 1.31. The summed E-state index contributed by atoms with van der Waals surface area (Å²) in [5.74, 6) is 2.26. The molecule has 0 unspecified atom stereocenters. The first-order valence-electron chi connectivity index (χ1n) is 9.05. The zero-order chi connectivity index (χ0) is 20.1. The van der Waals surface area contributed by atoms with Gasteiger partial charge in [0.15, 0.2) is 16.7 Å². The second-order valence-corrected chi connectivity index (χ2v) is 7.22. The van der Waals surface area contributed by atoms with Crippen LogP contribution in [0.2, 0.25) is 0 Å². The molecule has 0 aliphatic carbocycles. The number of methoxy groups -OCH3 is 1. The standard InChI is InChI=1S/C20H20N4O4S/c1-26-15-6-4-5-14(9-15)24-13-22-23-20(24)29-12-19(25)21-10-16-11-27-17-7-2-3-8-18(17)28-16/h2-9,13,16H,10-12H2,1H3,(H,21,25)/t16-/m1/s1. The minimum absolute atomic E-state index is 0.113. The van der Waals surface area contributed by atoms with Gasteiger partial charge < -0.3 is 19.5 Å². The van der Waals surface area contributed by atoms with E-state index in [1.807, 2.05) is 53.1 Å². The molecule has 0 saturated carbocycles. The number of benzene rings is 2. The Kier molecular flexibility index (Phi) is 5.85. The lowest BCUT2D eigenvalue weighted by Crippen LogP contribution is -2.41. The molecular formula is C20H20N4O4S. The van der Waals surface area contributed by atoms with Crippen LogP contribution in [0.25, 0.3) is 5.69 Å². The molecule has 0 spiro atoms. The smallest absolute Gasteiger partial charge is 0.230 e. The maximum Gasteiger partial charge on any atom is 0.230 e. The van der Waals surface area contributed by atoms with Gasteiger partial charge in [-0.15, -0.1) is 10.2 Å². The highest BCUT2D eigenvalue weighted by molar-refractivity contribution is 7.99. The van der Waals surface area contributed by atoms with E-state index in [0.29, 0.717) is 24.1 Å². The lowest BCUT2D eigenvalue weighted by atomic mass is 10.2. The van der Waals surface area contributed by atoms with Crippen LogP contribution in [0.5, 0.6) is 17.2 Å². The molecule has 1 atom stereocenters. The van der Waals surface area contributed by atoms with Gasteiger partial charge >= 0.3 is 0 Å². The van der Waals surface area contributed by atoms with E-state index in [9.17, 15) is 4.79 Å². The molecule has 150 valence electrons. The Morgan fingerprint density at radius 3 is 3.00 bits per heavy atom. The lowest BCUT2D eigenvalue weighted by molar-refractivity contribution is -0.119. The SMILES string of the molecule is COc1cccc(-n2cnnc2SCC(=O)NC[C@@H]2COc3ccccc3O2)c1. The van der Waals surface area contributed by atoms with E-state index in [2.05, 4.69) is 15.5 Å². The van der Waals surface area contributed by atoms with Crippen LogP contribution in [0, 0.1) is 0 Å². The number of aromatic nitrogens is 3. The van der Waals surface area contributed by atoms with Crippen LogP contribution in [0.3, 0.4) is 0 Å². The highest BCUT2D eigenvalue weighted by atomic mass is 32.2. The molecule has 0 bridgehead atoms. The predicted octanol–water partition coefficient (Wildman–Crippen LogP) is 2.32. The van der Waals surface area contributed by atoms with Crippen molar-refractivity contribution in [2.45, 2.75) is 11.3 Å². The largest absolute Gasteiger partial charge is 0.497 e. The van der Waals surface area contributed by atoms with Crippen LogP contribution in [-0.4, -0.2) is 52.8 Å². The zero-order valence-corrected chi connectivity index (χ0v) is 16.6. The van der Waals surface area contributed by atoms with Gasteiger partial charge in [-0.25, -0.2) is 0 Å². The number of thioether (sulfide) groups is 1. The molecule has 1 N–H and O–H groups in total. The summed E-state index contributed by atoms with van der Waals surface area (Å²) in [4.78, 5) is 12.3. The van der Waals surface area contributed by atoms with E-state index >= 15 is 0 Å². The third-order valence-electron chi connectivity index (χ3n) is 4.27. The maximum absolute atomic E-state index is 12.3. The van der Waals surface area contributed by atoms with Crippen LogP contribution in [-0.2, 0) is 4.79 Å². The molecule has 3 aromatic rings. The fourth-order valence-corrected chi connectivity index (χ4v) is 3.59. The molecule has 2 heterocycles. The van der Waals surface area contributed by atoms with Crippen molar-refractivity contribution in [2.75, 3.05) is 26.0 Å². The van der Waals surface area contributed by atoms with E-state index in [-0.39, 0.29) is 17.8 Å². The summed E-state index contributed by atoms with van der Waals surface area (Å²) in [6.07, 6.45) is 1.39. The van der Waals surface area contributed by atoms with Crippen molar-refractivity contribution in [3.8, 4) is 22.9 Å². The van der Waals surface area contributed by atoms with E-state index in [1.54, 1.807) is 13.4 Å². The molecule has 0 saturated heterocycles. The molecule has 1 amide bonds.